The van der Waals surface area contributed by atoms with Gasteiger partial charge < -0.3 is 0 Å². The molecule has 0 aliphatic rings. The molecule has 0 bridgehead atoms. The van der Waals surface area contributed by atoms with Gasteiger partial charge in [-0.15, -0.1) is 0 Å². The lowest BCUT2D eigenvalue weighted by Gasteiger charge is -2.21. The van der Waals surface area contributed by atoms with Crippen LogP contribution in [0, 0.1) is 11.6 Å². The van der Waals surface area contributed by atoms with E-state index >= 15 is 0 Å². The summed E-state index contributed by atoms with van der Waals surface area (Å²) in [7, 11) is -3.82. The minimum Gasteiger partial charge on any atom is -0.293 e. The Morgan fingerprint density at radius 1 is 1.39 bits per heavy atom. The molecule has 1 amide bonds. The monoisotopic (exact) mass is 279 g/mol. The van der Waals surface area contributed by atoms with Crippen LogP contribution < -0.4 is 15.6 Å². The predicted molar refractivity (Wildman–Crippen MR) is 60.9 cm³/mol. The van der Waals surface area contributed by atoms with Crippen LogP contribution in [0.3, 0.4) is 0 Å². The van der Waals surface area contributed by atoms with Crippen LogP contribution in [0.5, 0.6) is 0 Å². The van der Waals surface area contributed by atoms with Crippen molar-refractivity contribution in [2.24, 2.45) is 5.84 Å². The highest BCUT2D eigenvalue weighted by molar-refractivity contribution is 7.92. The van der Waals surface area contributed by atoms with Crippen LogP contribution in [0.2, 0.25) is 0 Å². The van der Waals surface area contributed by atoms with E-state index in [4.69, 9.17) is 5.84 Å². The van der Waals surface area contributed by atoms with E-state index < -0.39 is 34.1 Å². The predicted octanol–water partition coefficient (Wildman–Crippen LogP) is -0.279. The second-order valence-corrected chi connectivity index (χ2v) is 5.34. The van der Waals surface area contributed by atoms with E-state index in [1.807, 2.05) is 0 Å². The largest absolute Gasteiger partial charge is 0.293 e. The van der Waals surface area contributed by atoms with E-state index in [9.17, 15) is 22.0 Å². The third-order valence-electron chi connectivity index (χ3n) is 2.04. The number of nitrogens with one attached hydrogen (secondary N) is 1. The Hall–Kier alpha value is -1.74. The summed E-state index contributed by atoms with van der Waals surface area (Å²) in [6, 6.07) is 2.49. The summed E-state index contributed by atoms with van der Waals surface area (Å²) < 4.78 is 49.3. The first-order valence-electron chi connectivity index (χ1n) is 4.68. The zero-order chi connectivity index (χ0) is 13.9. The molecule has 0 atom stereocenters. The number of amides is 1. The molecule has 0 saturated heterocycles. The van der Waals surface area contributed by atoms with Crippen LogP contribution in [0.4, 0.5) is 14.5 Å². The fraction of sp³-hybridized carbons (Fsp3) is 0.222. The first-order chi connectivity index (χ1) is 8.25. The number of carbonyl (C=O) groups excluding carboxylic acids is 1. The van der Waals surface area contributed by atoms with Crippen LogP contribution in [0.15, 0.2) is 18.2 Å². The normalized spacial score (nSPS) is 11.1. The molecule has 0 radical (unpaired) electrons. The van der Waals surface area contributed by atoms with Crippen molar-refractivity contribution in [1.82, 2.24) is 5.43 Å². The number of nitrogens with zero attached hydrogens (tertiary/aromatic N) is 1. The summed E-state index contributed by atoms with van der Waals surface area (Å²) in [4.78, 5) is 11.1. The molecular formula is C9H11F2N3O3S. The molecule has 1 aromatic carbocycles. The Kier molecular flexibility index (Phi) is 4.19. The highest BCUT2D eigenvalue weighted by Gasteiger charge is 2.21. The summed E-state index contributed by atoms with van der Waals surface area (Å²) >= 11 is 0. The Bertz CT molecular complexity index is 562. The molecule has 0 saturated carbocycles. The first-order valence-corrected chi connectivity index (χ1v) is 6.52. The first kappa shape index (κ1) is 14.3. The van der Waals surface area contributed by atoms with Crippen LogP contribution >= 0.6 is 0 Å². The number of hydrazine groups is 1. The fourth-order valence-corrected chi connectivity index (χ4v) is 2.06. The summed E-state index contributed by atoms with van der Waals surface area (Å²) in [5.41, 5.74) is 1.58. The van der Waals surface area contributed by atoms with Gasteiger partial charge in [-0.3, -0.25) is 14.5 Å². The second-order valence-electron chi connectivity index (χ2n) is 3.44. The zero-order valence-electron chi connectivity index (χ0n) is 9.35. The van der Waals surface area contributed by atoms with E-state index in [2.05, 4.69) is 0 Å². The van der Waals surface area contributed by atoms with Gasteiger partial charge in [-0.05, 0) is 12.1 Å². The number of rotatable bonds is 4. The molecule has 0 unspecified atom stereocenters. The van der Waals surface area contributed by atoms with Gasteiger partial charge in [0.1, 0.15) is 6.54 Å². The SMILES string of the molecule is CS(=O)(=O)N(CC(=O)NN)c1ccc(F)c(F)c1. The number of benzene rings is 1. The minimum absolute atomic E-state index is 0.167. The third-order valence-corrected chi connectivity index (χ3v) is 3.18. The van der Waals surface area contributed by atoms with E-state index in [0.717, 1.165) is 18.4 Å². The Morgan fingerprint density at radius 2 is 2.00 bits per heavy atom. The average molecular weight is 279 g/mol. The molecule has 1 aromatic rings. The van der Waals surface area contributed by atoms with Crippen molar-refractivity contribution in [2.45, 2.75) is 0 Å². The summed E-state index contributed by atoms with van der Waals surface area (Å²) in [6.45, 7) is -0.625. The van der Waals surface area contributed by atoms with E-state index in [-0.39, 0.29) is 5.69 Å². The number of hydrogen-bond donors (Lipinski definition) is 2. The lowest BCUT2D eigenvalue weighted by Crippen LogP contribution is -2.42. The van der Waals surface area contributed by atoms with Gasteiger partial charge in [0.15, 0.2) is 11.6 Å². The third kappa shape index (κ3) is 3.37. The maximum Gasteiger partial charge on any atom is 0.254 e. The lowest BCUT2D eigenvalue weighted by atomic mass is 10.3. The van der Waals surface area contributed by atoms with Crippen LogP contribution in [0.25, 0.3) is 0 Å². The van der Waals surface area contributed by atoms with Crippen molar-refractivity contribution in [3.05, 3.63) is 29.8 Å². The van der Waals surface area contributed by atoms with Gasteiger partial charge in [0.2, 0.25) is 10.0 Å². The highest BCUT2D eigenvalue weighted by atomic mass is 32.2. The van der Waals surface area contributed by atoms with Gasteiger partial charge in [0, 0.05) is 6.07 Å². The molecule has 0 aromatic heterocycles. The van der Waals surface area contributed by atoms with Crippen LogP contribution in [0.1, 0.15) is 0 Å². The molecule has 0 aliphatic carbocycles. The number of nitrogens with two attached hydrogens (primary N) is 1. The van der Waals surface area contributed by atoms with Crippen molar-refractivity contribution < 1.29 is 22.0 Å². The highest BCUT2D eigenvalue weighted by Crippen LogP contribution is 2.20. The zero-order valence-corrected chi connectivity index (χ0v) is 10.2. The van der Waals surface area contributed by atoms with E-state index in [1.165, 1.54) is 0 Å². The van der Waals surface area contributed by atoms with Crippen molar-refractivity contribution in [2.75, 3.05) is 17.1 Å². The quantitative estimate of drug-likeness (QED) is 0.450. The van der Waals surface area contributed by atoms with Crippen LogP contribution in [-0.2, 0) is 14.8 Å². The van der Waals surface area contributed by atoms with Crippen molar-refractivity contribution in [1.29, 1.82) is 0 Å². The van der Waals surface area contributed by atoms with E-state index in [1.54, 1.807) is 5.43 Å². The molecular weight excluding hydrogens is 268 g/mol. The minimum atomic E-state index is -3.82. The molecule has 0 spiro atoms. The molecule has 9 heteroatoms. The number of carbonyl (C=O) groups is 1. The van der Waals surface area contributed by atoms with Crippen molar-refractivity contribution in [3.63, 3.8) is 0 Å². The number of halogens is 2. The lowest BCUT2D eigenvalue weighted by molar-refractivity contribution is -0.119. The van der Waals surface area contributed by atoms with Crippen LogP contribution in [-0.4, -0.2) is 27.1 Å². The molecule has 0 fully saturated rings. The number of sulfonamides is 1. The summed E-state index contributed by atoms with van der Waals surface area (Å²) in [6.07, 6.45) is 0.831. The molecule has 100 valence electrons. The maximum atomic E-state index is 13.0. The second kappa shape index (κ2) is 5.27. The molecule has 1 rings (SSSR count). The van der Waals surface area contributed by atoms with Gasteiger partial charge in [0.05, 0.1) is 11.9 Å². The molecule has 0 aliphatic heterocycles. The standard InChI is InChI=1S/C9H11F2N3O3S/c1-18(16,17)14(5-9(15)13-12)6-2-3-7(10)8(11)4-6/h2-4H,5,12H2,1H3,(H,13,15). The van der Waals surface area contributed by atoms with Gasteiger partial charge in [-0.1, -0.05) is 0 Å². The number of hydrogen-bond acceptors (Lipinski definition) is 4. The van der Waals surface area contributed by atoms with Gasteiger partial charge >= 0.3 is 0 Å². The number of anilines is 1. The Balaban J connectivity index is 3.18. The molecule has 0 heterocycles. The topological polar surface area (TPSA) is 92.5 Å². The Labute approximate surface area is 102 Å². The average Bonchev–Trinajstić information content (AvgIpc) is 2.28. The summed E-state index contributed by atoms with van der Waals surface area (Å²) in [5.74, 6) is 1.72. The van der Waals surface area contributed by atoms with Gasteiger partial charge in [0.25, 0.3) is 5.91 Å². The molecule has 18 heavy (non-hydrogen) atoms. The fourth-order valence-electron chi connectivity index (χ4n) is 1.22. The maximum absolute atomic E-state index is 13.0. The van der Waals surface area contributed by atoms with Crippen molar-refractivity contribution >= 4 is 21.6 Å². The summed E-state index contributed by atoms with van der Waals surface area (Å²) in [5, 5.41) is 0. The van der Waals surface area contributed by atoms with Gasteiger partial charge in [-0.25, -0.2) is 23.0 Å². The molecule has 6 nitrogen and oxygen atoms in total. The smallest absolute Gasteiger partial charge is 0.254 e. The Morgan fingerprint density at radius 3 is 2.44 bits per heavy atom. The van der Waals surface area contributed by atoms with E-state index in [0.29, 0.717) is 10.4 Å². The molecule has 3 N–H and O–H groups in total. The van der Waals surface area contributed by atoms with Gasteiger partial charge in [-0.2, -0.15) is 0 Å². The van der Waals surface area contributed by atoms with Crippen molar-refractivity contribution in [3.8, 4) is 0 Å².